The van der Waals surface area contributed by atoms with Crippen LogP contribution in [0.4, 0.5) is 0 Å². The van der Waals surface area contributed by atoms with Crippen molar-refractivity contribution in [2.24, 2.45) is 0 Å². The number of halogens is 4. The Balaban J connectivity index is 0.00000492. The van der Waals surface area contributed by atoms with Gasteiger partial charge in [0.1, 0.15) is 0 Å². The van der Waals surface area contributed by atoms with Crippen LogP contribution in [0.1, 0.15) is 0 Å². The molecule has 0 N–H and O–H groups in total. The van der Waals surface area contributed by atoms with E-state index in [-0.39, 0.29) is 19.5 Å². The van der Waals surface area contributed by atoms with Crippen molar-refractivity contribution in [1.29, 1.82) is 0 Å². The van der Waals surface area contributed by atoms with Gasteiger partial charge in [0.2, 0.25) is 0 Å². The molecule has 0 radical (unpaired) electrons. The number of benzene rings is 8. The second kappa shape index (κ2) is 17.7. The molecule has 0 saturated carbocycles. The molecular weight excluding hydrogens is 1160 g/mol. The summed E-state index contributed by atoms with van der Waals surface area (Å²) in [5, 5.41) is 4.10. The molecule has 4 nitrogen and oxygen atoms in total. The van der Waals surface area contributed by atoms with Gasteiger partial charge in [0.15, 0.2) is 0 Å². The van der Waals surface area contributed by atoms with E-state index in [0.717, 1.165) is 151 Å². The van der Waals surface area contributed by atoms with Gasteiger partial charge in [-0.3, -0.25) is 0 Å². The molecule has 0 amide bonds. The molecule has 10 aromatic rings. The predicted octanol–water partition coefficient (Wildman–Crippen LogP) is 18.3. The van der Waals surface area contributed by atoms with E-state index in [0.29, 0.717) is 0 Å². The summed E-state index contributed by atoms with van der Waals surface area (Å²) in [6, 6.07) is 68.5. The maximum atomic E-state index is 5.88. The molecule has 13 rings (SSSR count). The monoisotopic (exact) mass is 1190 g/mol. The fraction of sp³-hybridized carbons (Fsp3) is 0. The summed E-state index contributed by atoms with van der Waals surface area (Å²) in [4.78, 5) is 23.5. The van der Waals surface area contributed by atoms with E-state index in [1.54, 1.807) is 0 Å². The van der Waals surface area contributed by atoms with Gasteiger partial charge in [0.05, 0.1) is 22.8 Å². The van der Waals surface area contributed by atoms with E-state index in [2.05, 4.69) is 258 Å². The van der Waals surface area contributed by atoms with E-state index in [4.69, 9.17) is 19.9 Å². The SMILES string of the molecule is Brc1ccc(-c2c3nc(c(-c4ccc(Br)cc4)c4[n-]c(c(-c5ccc(Br)cc5)c5nc(c(-c6ccc(Br)cc6)c6[n-]c2c2ccccc62)-c2ccccc2-5)c2ccccc42)-c2ccccc2-3)cc1.[Zn+2]. The molecule has 0 saturated heterocycles. The van der Waals surface area contributed by atoms with E-state index in [1.807, 2.05) is 0 Å². The van der Waals surface area contributed by atoms with Crippen molar-refractivity contribution in [2.75, 3.05) is 0 Å². The third-order valence-corrected chi connectivity index (χ3v) is 15.2. The van der Waals surface area contributed by atoms with Gasteiger partial charge in [-0.05, 0) is 115 Å². The van der Waals surface area contributed by atoms with Crippen LogP contribution in [0.25, 0.3) is 133 Å². The second-order valence-corrected chi connectivity index (χ2v) is 20.6. The van der Waals surface area contributed by atoms with Crippen molar-refractivity contribution < 1.29 is 19.5 Å². The maximum Gasteiger partial charge on any atom is 2.00 e. The predicted molar refractivity (Wildman–Crippen MR) is 295 cm³/mol. The summed E-state index contributed by atoms with van der Waals surface area (Å²) >= 11 is 15.0. The first-order chi connectivity index (χ1) is 33.4. The minimum Gasteiger partial charge on any atom is -0.656 e. The summed E-state index contributed by atoms with van der Waals surface area (Å²) in [5.74, 6) is 0. The van der Waals surface area contributed by atoms with Gasteiger partial charge in [0, 0.05) is 40.1 Å². The molecule has 8 aromatic carbocycles. The number of hydrogen-bond acceptors (Lipinski definition) is 2. The fourth-order valence-electron chi connectivity index (χ4n) is 10.0. The standard InChI is InChI=1S/C60H32Br4N4.Zn/c61-37-25-17-33(18-26-37)49-53-41-9-1-2-10-42(41)54(65-53)50(34-19-27-38(62)28-20-34)56-45-13-5-6-14-46(45)58(67-56)52(36-23-31-40(64)32-24-36)60-48-16-8-7-15-47(48)59(68-60)51(35-21-29-39(63)30-22-35)57-44-12-4-3-11-43(44)55(49)66-57;/h1-32H;/q-2;+2. The quantitative estimate of drug-likeness (QED) is 0.165. The van der Waals surface area contributed by atoms with Crippen LogP contribution in [0.2, 0.25) is 0 Å². The molecule has 322 valence electrons. The average Bonchev–Trinajstić information content (AvgIpc) is 4.14. The van der Waals surface area contributed by atoms with E-state index in [1.165, 1.54) is 0 Å². The van der Waals surface area contributed by atoms with Crippen LogP contribution < -0.4 is 9.97 Å². The van der Waals surface area contributed by atoms with Crippen molar-refractivity contribution in [3.05, 3.63) is 212 Å². The Morgan fingerprint density at radius 2 is 0.464 bits per heavy atom. The van der Waals surface area contributed by atoms with Crippen LogP contribution >= 0.6 is 63.7 Å². The molecule has 4 heterocycles. The Labute approximate surface area is 444 Å². The first kappa shape index (κ1) is 44.2. The van der Waals surface area contributed by atoms with Gasteiger partial charge in [-0.15, -0.1) is 22.1 Å². The Bertz CT molecular complexity index is 3530. The van der Waals surface area contributed by atoms with Gasteiger partial charge >= 0.3 is 19.5 Å². The first-order valence-corrected chi connectivity index (χ1v) is 25.3. The van der Waals surface area contributed by atoms with Gasteiger partial charge in [0.25, 0.3) is 0 Å². The summed E-state index contributed by atoms with van der Waals surface area (Å²) in [6.07, 6.45) is 0. The molecule has 0 atom stereocenters. The largest absolute Gasteiger partial charge is 2.00 e. The van der Waals surface area contributed by atoms with Gasteiger partial charge in [-0.2, -0.15) is 0 Å². The third kappa shape index (κ3) is 7.36. The molecular formula is C60H32Br4N4Zn. The average molecular weight is 1190 g/mol. The third-order valence-electron chi connectivity index (χ3n) is 13.1. The van der Waals surface area contributed by atoms with Crippen LogP contribution in [0.3, 0.4) is 0 Å². The summed E-state index contributed by atoms with van der Waals surface area (Å²) in [6.45, 7) is 0. The Morgan fingerprint density at radius 1 is 0.261 bits per heavy atom. The zero-order chi connectivity index (χ0) is 45.6. The summed E-state index contributed by atoms with van der Waals surface area (Å²) in [5.41, 5.74) is 18.6. The Morgan fingerprint density at radius 3 is 0.681 bits per heavy atom. The molecule has 0 unspecified atom stereocenters. The molecule has 2 aliphatic heterocycles. The zero-order valence-electron chi connectivity index (χ0n) is 36.5. The van der Waals surface area contributed by atoms with Crippen molar-refractivity contribution in [3.8, 4) is 89.5 Å². The second-order valence-electron chi connectivity index (χ2n) is 16.9. The minimum atomic E-state index is 0. The molecule has 8 bridgehead atoms. The van der Waals surface area contributed by atoms with E-state index in [9.17, 15) is 0 Å². The Kier molecular flexibility index (Phi) is 11.3. The van der Waals surface area contributed by atoms with Crippen molar-refractivity contribution in [1.82, 2.24) is 19.9 Å². The summed E-state index contributed by atoms with van der Waals surface area (Å²) < 4.78 is 3.96. The van der Waals surface area contributed by atoms with Crippen molar-refractivity contribution in [3.63, 3.8) is 0 Å². The maximum absolute atomic E-state index is 5.88. The van der Waals surface area contributed by atoms with Crippen LogP contribution in [0.5, 0.6) is 0 Å². The minimum absolute atomic E-state index is 0. The molecule has 69 heavy (non-hydrogen) atoms. The van der Waals surface area contributed by atoms with Gasteiger partial charge in [-0.1, -0.05) is 209 Å². The normalized spacial score (nSPS) is 11.7. The van der Waals surface area contributed by atoms with E-state index < -0.39 is 0 Å². The molecule has 0 fully saturated rings. The number of rotatable bonds is 4. The topological polar surface area (TPSA) is 54.0 Å². The van der Waals surface area contributed by atoms with Gasteiger partial charge in [-0.25, -0.2) is 9.97 Å². The molecule has 9 heteroatoms. The van der Waals surface area contributed by atoms with Crippen LogP contribution in [-0.4, -0.2) is 9.97 Å². The van der Waals surface area contributed by atoms with Crippen LogP contribution in [0, 0.1) is 0 Å². The number of hydrogen-bond donors (Lipinski definition) is 0. The smallest absolute Gasteiger partial charge is 0.656 e. The first-order valence-electron chi connectivity index (χ1n) is 22.1. The van der Waals surface area contributed by atoms with E-state index >= 15 is 0 Å². The molecule has 2 aromatic heterocycles. The Hall–Kier alpha value is -6.06. The van der Waals surface area contributed by atoms with Gasteiger partial charge < -0.3 is 9.97 Å². The fourth-order valence-corrected chi connectivity index (χ4v) is 11.1. The number of aromatic nitrogens is 4. The summed E-state index contributed by atoms with van der Waals surface area (Å²) in [7, 11) is 0. The zero-order valence-corrected chi connectivity index (χ0v) is 45.8. The van der Waals surface area contributed by atoms with Crippen LogP contribution in [-0.2, 0) is 19.5 Å². The molecule has 1 aliphatic carbocycles. The molecule has 3 aliphatic rings. The number of nitrogens with zero attached hydrogens (tertiary/aromatic N) is 4. The van der Waals surface area contributed by atoms with Crippen LogP contribution in [0.15, 0.2) is 212 Å². The molecule has 0 spiro atoms. The van der Waals surface area contributed by atoms with Crippen molar-refractivity contribution in [2.45, 2.75) is 0 Å². The van der Waals surface area contributed by atoms with Crippen molar-refractivity contribution >= 4 is 107 Å².